The topological polar surface area (TPSA) is 74.7 Å². The van der Waals surface area contributed by atoms with Crippen molar-refractivity contribution in [3.63, 3.8) is 0 Å². The number of rotatable bonds is 3. The molecule has 1 aromatic heterocycles. The molecule has 1 saturated heterocycles. The third kappa shape index (κ3) is 4.21. The fourth-order valence-corrected chi connectivity index (χ4v) is 3.04. The molecule has 2 aromatic rings. The van der Waals surface area contributed by atoms with E-state index >= 15 is 0 Å². The lowest BCUT2D eigenvalue weighted by atomic mass is 10.2. The Morgan fingerprint density at radius 3 is 2.60 bits per heavy atom. The normalized spacial score (nSPS) is 20.4. The van der Waals surface area contributed by atoms with E-state index in [1.165, 1.54) is 18.2 Å². The van der Waals surface area contributed by atoms with E-state index in [0.717, 1.165) is 18.9 Å². The predicted molar refractivity (Wildman–Crippen MR) is 97.5 cm³/mol. The molecule has 6 nitrogen and oxygen atoms in total. The Kier molecular flexibility index (Phi) is 5.11. The number of hydrogen-bond donors (Lipinski definition) is 2. The fraction of sp³-hybridized carbons (Fsp3) is 0.333. The Balaban J connectivity index is 1.68. The lowest BCUT2D eigenvalue weighted by molar-refractivity contribution is -0.00545. The second-order valence-electron chi connectivity index (χ2n) is 6.19. The number of amides is 1. The summed E-state index contributed by atoms with van der Waals surface area (Å²) < 4.78 is 5.73. The highest BCUT2D eigenvalue weighted by atomic mass is 35.5. The Bertz CT molecular complexity index is 757. The number of morpholine rings is 1. The van der Waals surface area contributed by atoms with Gasteiger partial charge in [0.15, 0.2) is 0 Å². The number of carbonyl (C=O) groups excluding carboxylic acids is 1. The average molecular weight is 362 g/mol. The highest BCUT2D eigenvalue weighted by Gasteiger charge is 2.23. The Morgan fingerprint density at radius 1 is 1.28 bits per heavy atom. The molecule has 2 heterocycles. The van der Waals surface area contributed by atoms with Crippen LogP contribution in [-0.4, -0.2) is 41.3 Å². The second-order valence-corrected chi connectivity index (χ2v) is 6.59. The highest BCUT2D eigenvalue weighted by Crippen LogP contribution is 2.24. The molecule has 2 atom stereocenters. The molecular formula is C18H20ClN3O3. The summed E-state index contributed by atoms with van der Waals surface area (Å²) in [4.78, 5) is 18.9. The minimum atomic E-state index is -0.315. The van der Waals surface area contributed by atoms with Crippen LogP contribution in [0.15, 0.2) is 36.5 Å². The van der Waals surface area contributed by atoms with Crippen LogP contribution in [0.4, 0.5) is 11.5 Å². The number of carbonyl (C=O) groups is 1. The van der Waals surface area contributed by atoms with Gasteiger partial charge in [-0.15, -0.1) is 0 Å². The molecule has 3 rings (SSSR count). The van der Waals surface area contributed by atoms with Crippen molar-refractivity contribution in [2.24, 2.45) is 0 Å². The minimum absolute atomic E-state index is 0.0572. The standard InChI is InChI=1S/C18H20ClN3O3/c1-11-9-22(10-12(2)25-11)17-6-4-14(8-20-17)21-18(24)13-3-5-16(23)15(19)7-13/h3-8,11-12,23H,9-10H2,1-2H3,(H,21,24)/t11-,12-/m1/s1. The number of nitrogens with zero attached hydrogens (tertiary/aromatic N) is 2. The summed E-state index contributed by atoms with van der Waals surface area (Å²) in [5.74, 6) is 0.482. The van der Waals surface area contributed by atoms with Crippen LogP contribution < -0.4 is 10.2 Å². The summed E-state index contributed by atoms with van der Waals surface area (Å²) in [5.41, 5.74) is 0.954. The molecule has 2 N–H and O–H groups in total. The summed E-state index contributed by atoms with van der Waals surface area (Å²) in [6.07, 6.45) is 1.94. The fourth-order valence-electron chi connectivity index (χ4n) is 2.86. The van der Waals surface area contributed by atoms with Gasteiger partial charge in [-0.3, -0.25) is 4.79 Å². The van der Waals surface area contributed by atoms with Crippen LogP contribution in [0.3, 0.4) is 0 Å². The van der Waals surface area contributed by atoms with Crippen LogP contribution in [0.2, 0.25) is 5.02 Å². The number of halogens is 1. The van der Waals surface area contributed by atoms with Crippen molar-refractivity contribution in [1.82, 2.24) is 4.98 Å². The first-order valence-corrected chi connectivity index (χ1v) is 8.46. The summed E-state index contributed by atoms with van der Waals surface area (Å²) in [7, 11) is 0. The van der Waals surface area contributed by atoms with Crippen molar-refractivity contribution in [2.45, 2.75) is 26.1 Å². The average Bonchev–Trinajstić information content (AvgIpc) is 2.57. The number of phenolic OH excluding ortho intramolecular Hbond substituents is 1. The molecule has 132 valence electrons. The zero-order valence-electron chi connectivity index (χ0n) is 14.1. The molecule has 0 unspecified atom stereocenters. The molecule has 1 aliphatic rings. The number of pyridine rings is 1. The van der Waals surface area contributed by atoms with Gasteiger partial charge >= 0.3 is 0 Å². The van der Waals surface area contributed by atoms with Gasteiger partial charge < -0.3 is 20.1 Å². The van der Waals surface area contributed by atoms with Gasteiger partial charge in [-0.2, -0.15) is 0 Å². The lowest BCUT2D eigenvalue weighted by Crippen LogP contribution is -2.45. The van der Waals surface area contributed by atoms with E-state index in [-0.39, 0.29) is 28.9 Å². The molecule has 0 bridgehead atoms. The molecule has 0 spiro atoms. The summed E-state index contributed by atoms with van der Waals surface area (Å²) in [5, 5.41) is 12.3. The van der Waals surface area contributed by atoms with Crippen molar-refractivity contribution in [3.05, 3.63) is 47.1 Å². The van der Waals surface area contributed by atoms with E-state index in [1.807, 2.05) is 26.0 Å². The zero-order chi connectivity index (χ0) is 18.0. The number of phenols is 1. The molecule has 7 heteroatoms. The van der Waals surface area contributed by atoms with E-state index in [0.29, 0.717) is 11.3 Å². The van der Waals surface area contributed by atoms with Crippen LogP contribution in [0.25, 0.3) is 0 Å². The number of nitrogens with one attached hydrogen (secondary N) is 1. The molecule has 25 heavy (non-hydrogen) atoms. The third-order valence-electron chi connectivity index (χ3n) is 3.96. The van der Waals surface area contributed by atoms with Gasteiger partial charge in [0, 0.05) is 18.7 Å². The van der Waals surface area contributed by atoms with Crippen molar-refractivity contribution in [3.8, 4) is 5.75 Å². The third-order valence-corrected chi connectivity index (χ3v) is 4.26. The monoisotopic (exact) mass is 361 g/mol. The summed E-state index contributed by atoms with van der Waals surface area (Å²) >= 11 is 5.83. The number of aromatic nitrogens is 1. The Labute approximate surface area is 151 Å². The lowest BCUT2D eigenvalue weighted by Gasteiger charge is -2.36. The van der Waals surface area contributed by atoms with Gasteiger partial charge in [0.05, 0.1) is 29.1 Å². The molecular weight excluding hydrogens is 342 g/mol. The molecule has 1 aliphatic heterocycles. The maximum atomic E-state index is 12.2. The number of aromatic hydroxyl groups is 1. The maximum Gasteiger partial charge on any atom is 0.255 e. The first kappa shape index (κ1) is 17.5. The van der Waals surface area contributed by atoms with Gasteiger partial charge in [-0.25, -0.2) is 4.98 Å². The number of hydrogen-bond acceptors (Lipinski definition) is 5. The van der Waals surface area contributed by atoms with E-state index in [1.54, 1.807) is 6.20 Å². The highest BCUT2D eigenvalue weighted by molar-refractivity contribution is 6.32. The molecule has 1 fully saturated rings. The first-order valence-electron chi connectivity index (χ1n) is 8.08. The van der Waals surface area contributed by atoms with E-state index in [9.17, 15) is 9.90 Å². The number of benzene rings is 1. The van der Waals surface area contributed by atoms with Crippen molar-refractivity contribution >= 4 is 29.0 Å². The van der Waals surface area contributed by atoms with Gasteiger partial charge in [0.2, 0.25) is 0 Å². The second kappa shape index (κ2) is 7.29. The van der Waals surface area contributed by atoms with Gasteiger partial charge in [-0.05, 0) is 44.2 Å². The van der Waals surface area contributed by atoms with Crippen LogP contribution in [0.1, 0.15) is 24.2 Å². The van der Waals surface area contributed by atoms with Crippen LogP contribution in [0.5, 0.6) is 5.75 Å². The molecule has 1 aromatic carbocycles. The van der Waals surface area contributed by atoms with Crippen LogP contribution in [0, 0.1) is 0 Å². The number of anilines is 2. The minimum Gasteiger partial charge on any atom is -0.506 e. The molecule has 1 amide bonds. The number of ether oxygens (including phenoxy) is 1. The van der Waals surface area contributed by atoms with Gasteiger partial charge in [-0.1, -0.05) is 11.6 Å². The van der Waals surface area contributed by atoms with Crippen molar-refractivity contribution in [2.75, 3.05) is 23.3 Å². The molecule has 0 saturated carbocycles. The largest absolute Gasteiger partial charge is 0.506 e. The molecule has 0 radical (unpaired) electrons. The molecule has 0 aliphatic carbocycles. The maximum absolute atomic E-state index is 12.2. The SMILES string of the molecule is C[C@@H]1CN(c2ccc(NC(=O)c3ccc(O)c(Cl)c3)cn2)C[C@@H](C)O1. The Morgan fingerprint density at radius 2 is 2.00 bits per heavy atom. The van der Waals surface area contributed by atoms with Gasteiger partial charge in [0.1, 0.15) is 11.6 Å². The van der Waals surface area contributed by atoms with E-state index < -0.39 is 0 Å². The van der Waals surface area contributed by atoms with E-state index in [4.69, 9.17) is 16.3 Å². The van der Waals surface area contributed by atoms with Crippen molar-refractivity contribution in [1.29, 1.82) is 0 Å². The summed E-state index contributed by atoms with van der Waals surface area (Å²) in [6.45, 7) is 5.66. The van der Waals surface area contributed by atoms with Gasteiger partial charge in [0.25, 0.3) is 5.91 Å². The van der Waals surface area contributed by atoms with Crippen LogP contribution >= 0.6 is 11.6 Å². The zero-order valence-corrected chi connectivity index (χ0v) is 14.8. The Hall–Kier alpha value is -2.31. The summed E-state index contributed by atoms with van der Waals surface area (Å²) in [6, 6.07) is 8.01. The van der Waals surface area contributed by atoms with Crippen LogP contribution in [-0.2, 0) is 4.74 Å². The van der Waals surface area contributed by atoms with Crippen molar-refractivity contribution < 1.29 is 14.6 Å². The van der Waals surface area contributed by atoms with E-state index in [2.05, 4.69) is 15.2 Å². The predicted octanol–water partition coefficient (Wildman–Crippen LogP) is 3.31. The first-order chi connectivity index (χ1) is 11.9. The quantitative estimate of drug-likeness (QED) is 0.877. The smallest absolute Gasteiger partial charge is 0.255 e.